The molecule has 0 saturated heterocycles. The number of fused-ring (bicyclic) bond motifs is 6. The van der Waals surface area contributed by atoms with E-state index in [1.54, 1.807) is 0 Å². The Labute approximate surface area is 431 Å². The minimum atomic E-state index is 1.14. The van der Waals surface area contributed by atoms with Crippen LogP contribution in [0.15, 0.2) is 291 Å². The number of para-hydroxylation sites is 3. The van der Waals surface area contributed by atoms with Gasteiger partial charge in [0.25, 0.3) is 0 Å². The van der Waals surface area contributed by atoms with Gasteiger partial charge in [0.05, 0.1) is 27.8 Å². The van der Waals surface area contributed by atoms with Crippen molar-refractivity contribution in [2.75, 3.05) is 0 Å². The summed E-state index contributed by atoms with van der Waals surface area (Å²) in [4.78, 5) is 0. The molecule has 74 heavy (non-hydrogen) atoms. The molecule has 0 radical (unpaired) electrons. The van der Waals surface area contributed by atoms with Gasteiger partial charge in [0.15, 0.2) is 0 Å². The summed E-state index contributed by atoms with van der Waals surface area (Å²) in [5.74, 6) is 0. The van der Waals surface area contributed by atoms with Gasteiger partial charge >= 0.3 is 0 Å². The largest absolute Gasteiger partial charge is 0.309 e. The molecule has 0 amide bonds. The zero-order valence-corrected chi connectivity index (χ0v) is 40.6. The van der Waals surface area contributed by atoms with Crippen LogP contribution in [-0.4, -0.2) is 9.13 Å². The number of hydrogen-bond donors (Lipinski definition) is 0. The maximum Gasteiger partial charge on any atom is 0.0541 e. The van der Waals surface area contributed by atoms with Crippen LogP contribution in [0.5, 0.6) is 0 Å². The average molecular weight is 941 g/mol. The van der Waals surface area contributed by atoms with E-state index in [1.807, 2.05) is 0 Å². The van der Waals surface area contributed by atoms with Gasteiger partial charge in [0.1, 0.15) is 0 Å². The number of hydrogen-bond acceptors (Lipinski definition) is 0. The summed E-state index contributed by atoms with van der Waals surface area (Å²) in [6.45, 7) is 0. The van der Waals surface area contributed by atoms with Gasteiger partial charge in [-0.2, -0.15) is 0 Å². The highest BCUT2D eigenvalue weighted by molar-refractivity contribution is 6.13. The van der Waals surface area contributed by atoms with Gasteiger partial charge < -0.3 is 9.13 Å². The van der Waals surface area contributed by atoms with Crippen LogP contribution in [0.1, 0.15) is 0 Å². The Morgan fingerprint density at radius 2 is 0.541 bits per heavy atom. The van der Waals surface area contributed by atoms with Crippen molar-refractivity contribution in [3.05, 3.63) is 291 Å². The molecule has 0 aliphatic heterocycles. The lowest BCUT2D eigenvalue weighted by molar-refractivity contribution is 1.18. The van der Waals surface area contributed by atoms with Crippen molar-refractivity contribution < 1.29 is 0 Å². The summed E-state index contributed by atoms with van der Waals surface area (Å²) < 4.78 is 4.86. The van der Waals surface area contributed by atoms with Crippen molar-refractivity contribution in [1.29, 1.82) is 0 Å². The van der Waals surface area contributed by atoms with Gasteiger partial charge in [0, 0.05) is 32.8 Å². The fraction of sp³-hybridized carbons (Fsp3) is 0. The summed E-state index contributed by atoms with van der Waals surface area (Å²) in [5.41, 5.74) is 23.9. The van der Waals surface area contributed by atoms with E-state index in [4.69, 9.17) is 0 Å². The molecular weight excluding hydrogens is 893 g/mol. The Kier molecular flexibility index (Phi) is 10.6. The molecule has 14 aromatic rings. The molecule has 2 aromatic heterocycles. The van der Waals surface area contributed by atoms with Gasteiger partial charge in [-0.25, -0.2) is 0 Å². The topological polar surface area (TPSA) is 9.86 Å². The predicted octanol–water partition coefficient (Wildman–Crippen LogP) is 19.5. The van der Waals surface area contributed by atoms with Crippen LogP contribution in [-0.2, 0) is 0 Å². The summed E-state index contributed by atoms with van der Waals surface area (Å²) in [7, 11) is 0. The van der Waals surface area contributed by atoms with Crippen LogP contribution in [0.4, 0.5) is 0 Å². The van der Waals surface area contributed by atoms with Crippen molar-refractivity contribution in [1.82, 2.24) is 9.13 Å². The van der Waals surface area contributed by atoms with E-state index < -0.39 is 0 Å². The molecule has 0 spiro atoms. The van der Waals surface area contributed by atoms with Crippen molar-refractivity contribution in [2.45, 2.75) is 0 Å². The highest BCUT2D eigenvalue weighted by Gasteiger charge is 2.18. The zero-order chi connectivity index (χ0) is 49.0. The molecule has 0 bridgehead atoms. The van der Waals surface area contributed by atoms with E-state index in [2.05, 4.69) is 300 Å². The molecule has 2 heteroatoms. The zero-order valence-electron chi connectivity index (χ0n) is 40.6. The molecular formula is C72H48N2. The highest BCUT2D eigenvalue weighted by Crippen LogP contribution is 2.41. The third kappa shape index (κ3) is 7.52. The van der Waals surface area contributed by atoms with Crippen molar-refractivity contribution in [2.24, 2.45) is 0 Å². The first-order valence-corrected chi connectivity index (χ1v) is 25.5. The van der Waals surface area contributed by atoms with E-state index >= 15 is 0 Å². The van der Waals surface area contributed by atoms with Gasteiger partial charge in [-0.1, -0.05) is 224 Å². The maximum absolute atomic E-state index is 2.43. The van der Waals surface area contributed by atoms with Crippen molar-refractivity contribution >= 4 is 43.6 Å². The van der Waals surface area contributed by atoms with Gasteiger partial charge in [0.2, 0.25) is 0 Å². The molecule has 2 nitrogen and oxygen atoms in total. The normalized spacial score (nSPS) is 11.5. The first-order valence-electron chi connectivity index (χ1n) is 25.5. The third-order valence-electron chi connectivity index (χ3n) is 14.9. The van der Waals surface area contributed by atoms with Crippen LogP contribution >= 0.6 is 0 Å². The summed E-state index contributed by atoms with van der Waals surface area (Å²) in [5, 5.41) is 4.95. The monoisotopic (exact) mass is 940 g/mol. The second-order valence-electron chi connectivity index (χ2n) is 19.3. The second kappa shape index (κ2) is 18.1. The Hall–Kier alpha value is -9.76. The third-order valence-corrected chi connectivity index (χ3v) is 14.9. The number of rotatable bonds is 9. The van der Waals surface area contributed by atoms with Crippen LogP contribution in [0.25, 0.3) is 133 Å². The van der Waals surface area contributed by atoms with E-state index in [-0.39, 0.29) is 0 Å². The lowest BCUT2D eigenvalue weighted by atomic mass is 9.92. The molecule has 2 heterocycles. The molecule has 0 fully saturated rings. The fourth-order valence-corrected chi connectivity index (χ4v) is 11.4. The highest BCUT2D eigenvalue weighted by atomic mass is 15.0. The van der Waals surface area contributed by atoms with Crippen LogP contribution < -0.4 is 0 Å². The van der Waals surface area contributed by atoms with Crippen LogP contribution in [0.2, 0.25) is 0 Å². The number of aromatic nitrogens is 2. The molecule has 346 valence electrons. The fourth-order valence-electron chi connectivity index (χ4n) is 11.4. The van der Waals surface area contributed by atoms with Crippen molar-refractivity contribution in [3.63, 3.8) is 0 Å². The molecule has 0 atom stereocenters. The second-order valence-corrected chi connectivity index (χ2v) is 19.3. The molecule has 0 saturated carbocycles. The van der Waals surface area contributed by atoms with Gasteiger partial charge in [-0.15, -0.1) is 0 Å². The maximum atomic E-state index is 2.43. The Bertz CT molecular complexity index is 4400. The van der Waals surface area contributed by atoms with Crippen LogP contribution in [0.3, 0.4) is 0 Å². The smallest absolute Gasteiger partial charge is 0.0541 e. The predicted molar refractivity (Wildman–Crippen MR) is 313 cm³/mol. The van der Waals surface area contributed by atoms with Gasteiger partial charge in [-0.3, -0.25) is 0 Å². The number of benzene rings is 12. The minimum Gasteiger partial charge on any atom is -0.309 e. The lowest BCUT2D eigenvalue weighted by Gasteiger charge is -2.14. The molecule has 0 aliphatic carbocycles. The van der Waals surface area contributed by atoms with Crippen LogP contribution in [0, 0.1) is 0 Å². The van der Waals surface area contributed by atoms with Gasteiger partial charge in [-0.05, 0) is 139 Å². The lowest BCUT2D eigenvalue weighted by Crippen LogP contribution is -1.97. The summed E-state index contributed by atoms with van der Waals surface area (Å²) >= 11 is 0. The summed E-state index contributed by atoms with van der Waals surface area (Å²) in [6, 6.07) is 106. The molecule has 14 rings (SSSR count). The number of nitrogens with zero attached hydrogens (tertiary/aromatic N) is 2. The Balaban J connectivity index is 0.779. The SMILES string of the molecule is c1ccc(-c2ccccc2-c2cccc(-c3cccc(-c4ccc(-c5cccc(-n6c7ccccc7c7cc(-c8ccc9c(c8)c8ccccc8n9-c8ccccc8-c8ccccc8)ccc76)c5)cc4)c3)c2)cc1. The Morgan fingerprint density at radius 1 is 0.176 bits per heavy atom. The Morgan fingerprint density at radius 3 is 1.15 bits per heavy atom. The first kappa shape index (κ1) is 43.1. The molecule has 0 unspecified atom stereocenters. The molecule has 12 aromatic carbocycles. The average Bonchev–Trinajstić information content (AvgIpc) is 4.02. The van der Waals surface area contributed by atoms with Crippen molar-refractivity contribution in [3.8, 4) is 89.3 Å². The minimum absolute atomic E-state index is 1.14. The first-order chi connectivity index (χ1) is 36.7. The quantitative estimate of drug-likeness (QED) is 0.136. The van der Waals surface area contributed by atoms with E-state index in [0.717, 1.165) is 5.69 Å². The standard InChI is InChI=1S/C72H48N2/c1-3-18-51(19-4-1)61-28-7-8-29-62(61)59-26-16-24-55(45-59)54-23-15-22-53(44-54)49-36-38-50(39-37-49)56-25-17-27-60(46-56)73-69-34-13-10-31-64(69)66-47-57(40-42-71(66)73)58-41-43-72-67(48-58)65-32-11-14-35-70(65)74(72)68-33-12-9-30-63(68)52-20-5-2-6-21-52/h1-48H. The van der Waals surface area contributed by atoms with E-state index in [9.17, 15) is 0 Å². The summed E-state index contributed by atoms with van der Waals surface area (Å²) in [6.07, 6.45) is 0. The molecule has 0 N–H and O–H groups in total. The van der Waals surface area contributed by atoms with E-state index in [1.165, 1.54) is 127 Å². The molecule has 0 aliphatic rings. The van der Waals surface area contributed by atoms with E-state index in [0.29, 0.717) is 0 Å².